The molecule has 0 bridgehead atoms. The molecular formula is C23H23F2N5OS. The van der Waals surface area contributed by atoms with E-state index in [1.807, 2.05) is 42.9 Å². The maximum atomic E-state index is 13.5. The Hall–Kier alpha value is -3.46. The number of carbonyl (C=O) groups is 1. The number of hydrogen-bond donors (Lipinski definition) is 3. The van der Waals surface area contributed by atoms with Gasteiger partial charge in [0.2, 0.25) is 0 Å². The monoisotopic (exact) mass is 455 g/mol. The topological polar surface area (TPSA) is 71.0 Å². The molecule has 2 aromatic carbocycles. The van der Waals surface area contributed by atoms with Crippen molar-refractivity contribution in [2.75, 3.05) is 5.32 Å². The van der Waals surface area contributed by atoms with Crippen molar-refractivity contribution in [1.82, 2.24) is 20.2 Å². The van der Waals surface area contributed by atoms with E-state index in [-0.39, 0.29) is 11.6 Å². The SMILES string of the molecule is C=S=C1NC(=O)N[C@@]1(C)c1ccc(Nc2ccc(C(C)(F)F)cc2)c(-c2cn(C)cn2)c1. The van der Waals surface area contributed by atoms with E-state index in [4.69, 9.17) is 0 Å². The molecule has 32 heavy (non-hydrogen) atoms. The molecule has 1 saturated heterocycles. The number of aryl methyl sites for hydroxylation is 1. The van der Waals surface area contributed by atoms with Crippen LogP contribution in [0.15, 0.2) is 55.0 Å². The number of imidazole rings is 1. The second-order valence-corrected chi connectivity index (χ2v) is 8.65. The number of anilines is 2. The number of urea groups is 1. The van der Waals surface area contributed by atoms with Crippen molar-refractivity contribution < 1.29 is 13.6 Å². The van der Waals surface area contributed by atoms with Crippen LogP contribution in [-0.4, -0.2) is 26.4 Å². The average molecular weight is 456 g/mol. The molecule has 9 heteroatoms. The first-order valence-corrected chi connectivity index (χ1v) is 10.9. The van der Waals surface area contributed by atoms with Crippen molar-refractivity contribution in [1.29, 1.82) is 0 Å². The van der Waals surface area contributed by atoms with Gasteiger partial charge in [0.1, 0.15) is 10.5 Å². The van der Waals surface area contributed by atoms with E-state index in [0.29, 0.717) is 10.7 Å². The fraction of sp³-hybridized carbons (Fsp3) is 0.217. The summed E-state index contributed by atoms with van der Waals surface area (Å²) in [5.74, 6) is 0.954. The Morgan fingerprint density at radius 3 is 2.53 bits per heavy atom. The number of amides is 2. The second kappa shape index (κ2) is 7.90. The summed E-state index contributed by atoms with van der Waals surface area (Å²) >= 11 is 0. The lowest BCUT2D eigenvalue weighted by atomic mass is 9.90. The Morgan fingerprint density at radius 2 is 1.94 bits per heavy atom. The summed E-state index contributed by atoms with van der Waals surface area (Å²) in [6.45, 7) is 2.78. The Morgan fingerprint density at radius 1 is 1.22 bits per heavy atom. The van der Waals surface area contributed by atoms with Gasteiger partial charge in [-0.05, 0) is 42.6 Å². The third-order valence-corrected chi connectivity index (χ3v) is 6.24. The lowest BCUT2D eigenvalue weighted by molar-refractivity contribution is 0.0175. The molecule has 1 fully saturated rings. The Bertz CT molecular complexity index is 1240. The largest absolute Gasteiger partial charge is 0.355 e. The zero-order chi connectivity index (χ0) is 23.1. The van der Waals surface area contributed by atoms with Crippen LogP contribution in [-0.2, 0) is 18.5 Å². The molecule has 2 heterocycles. The van der Waals surface area contributed by atoms with Crippen LogP contribution in [0.2, 0.25) is 0 Å². The van der Waals surface area contributed by atoms with E-state index in [0.717, 1.165) is 29.4 Å². The molecule has 0 saturated carbocycles. The average Bonchev–Trinajstić information content (AvgIpc) is 3.30. The summed E-state index contributed by atoms with van der Waals surface area (Å²) in [6.07, 6.45) is 3.59. The minimum absolute atomic E-state index is 0.0468. The molecule has 0 unspecified atom stereocenters. The minimum atomic E-state index is -2.89. The molecule has 1 atom stereocenters. The standard InChI is InChI=1S/C23H23F2N5OS/c1-22(20(32-4)28-21(31)29-22)15-7-10-18(17(11-15)19-12-30(3)13-26-19)27-16-8-5-14(6-9-16)23(2,24)25/h5-13,27H,4H2,1-3H3,(H2,28,29,31)/t22-/m0/s1. The number of benzene rings is 2. The highest BCUT2D eigenvalue weighted by Gasteiger charge is 2.40. The number of nitrogens with one attached hydrogen (secondary N) is 3. The molecule has 0 radical (unpaired) electrons. The molecule has 2 amide bonds. The first-order chi connectivity index (χ1) is 15.1. The van der Waals surface area contributed by atoms with Crippen LogP contribution in [0.4, 0.5) is 25.0 Å². The molecule has 4 rings (SSSR count). The molecule has 0 spiro atoms. The Balaban J connectivity index is 1.76. The van der Waals surface area contributed by atoms with Gasteiger partial charge in [-0.2, -0.15) is 0 Å². The number of aromatic nitrogens is 2. The van der Waals surface area contributed by atoms with Gasteiger partial charge in [-0.3, -0.25) is 0 Å². The highest BCUT2D eigenvalue weighted by atomic mass is 32.1. The number of nitrogens with zero attached hydrogens (tertiary/aromatic N) is 2. The fourth-order valence-electron chi connectivity index (χ4n) is 3.66. The predicted octanol–water partition coefficient (Wildman–Crippen LogP) is 4.77. The van der Waals surface area contributed by atoms with Gasteiger partial charge in [-0.1, -0.05) is 18.2 Å². The Kier molecular flexibility index (Phi) is 5.37. The Labute approximate surface area is 188 Å². The smallest absolute Gasteiger partial charge is 0.320 e. The van der Waals surface area contributed by atoms with Crippen molar-refractivity contribution in [3.8, 4) is 11.3 Å². The first-order valence-electron chi connectivity index (χ1n) is 9.87. The third kappa shape index (κ3) is 4.03. The summed E-state index contributed by atoms with van der Waals surface area (Å²) in [5, 5.41) is 9.06. The van der Waals surface area contributed by atoms with Crippen LogP contribution in [0.25, 0.3) is 11.3 Å². The van der Waals surface area contributed by atoms with Crippen LogP contribution < -0.4 is 16.0 Å². The van der Waals surface area contributed by atoms with E-state index in [1.165, 1.54) is 23.1 Å². The number of carbonyl (C=O) groups excluding carboxylic acids is 1. The minimum Gasteiger partial charge on any atom is -0.355 e. The molecule has 1 aromatic heterocycles. The van der Waals surface area contributed by atoms with Gasteiger partial charge >= 0.3 is 6.03 Å². The van der Waals surface area contributed by atoms with E-state index in [2.05, 4.69) is 26.8 Å². The molecule has 1 aliphatic rings. The molecule has 6 nitrogen and oxygen atoms in total. The maximum absolute atomic E-state index is 13.5. The molecule has 3 N–H and O–H groups in total. The molecule has 166 valence electrons. The van der Waals surface area contributed by atoms with Crippen molar-refractivity contribution in [3.63, 3.8) is 0 Å². The first kappa shape index (κ1) is 21.8. The molecule has 0 aliphatic carbocycles. The summed E-state index contributed by atoms with van der Waals surface area (Å²) in [6, 6.07) is 11.5. The van der Waals surface area contributed by atoms with Gasteiger partial charge < -0.3 is 20.5 Å². The van der Waals surface area contributed by atoms with Crippen molar-refractivity contribution in [2.24, 2.45) is 7.05 Å². The van der Waals surface area contributed by atoms with Gasteiger partial charge in [0.05, 0.1) is 12.0 Å². The van der Waals surface area contributed by atoms with E-state index in [1.54, 1.807) is 18.5 Å². The summed E-state index contributed by atoms with van der Waals surface area (Å²) in [4.78, 5) is 17.2. The van der Waals surface area contributed by atoms with Gasteiger partial charge in [-0.25, -0.2) is 18.6 Å². The van der Waals surface area contributed by atoms with E-state index >= 15 is 0 Å². The number of rotatable bonds is 5. The van der Waals surface area contributed by atoms with Crippen LogP contribution in [0.3, 0.4) is 0 Å². The zero-order valence-corrected chi connectivity index (χ0v) is 18.7. The summed E-state index contributed by atoms with van der Waals surface area (Å²) in [7, 11) is 3.11. The number of halogens is 2. The summed E-state index contributed by atoms with van der Waals surface area (Å²) < 4.78 is 28.9. The van der Waals surface area contributed by atoms with E-state index < -0.39 is 11.5 Å². The molecule has 1 aliphatic heterocycles. The zero-order valence-electron chi connectivity index (χ0n) is 17.9. The van der Waals surface area contributed by atoms with Crippen LogP contribution in [0.5, 0.6) is 0 Å². The van der Waals surface area contributed by atoms with Crippen molar-refractivity contribution in [2.45, 2.75) is 25.3 Å². The van der Waals surface area contributed by atoms with Crippen LogP contribution in [0.1, 0.15) is 25.0 Å². The highest BCUT2D eigenvalue weighted by Crippen LogP contribution is 2.36. The van der Waals surface area contributed by atoms with Gasteiger partial charge in [0.25, 0.3) is 5.92 Å². The fourth-order valence-corrected chi connectivity index (χ4v) is 4.28. The molecule has 3 aromatic rings. The second-order valence-electron chi connectivity index (χ2n) is 7.95. The summed E-state index contributed by atoms with van der Waals surface area (Å²) in [5.41, 5.74) is 3.03. The maximum Gasteiger partial charge on any atom is 0.320 e. The van der Waals surface area contributed by atoms with Gasteiger partial charge in [-0.15, -0.1) is 10.9 Å². The van der Waals surface area contributed by atoms with Gasteiger partial charge in [0, 0.05) is 42.7 Å². The van der Waals surface area contributed by atoms with Crippen LogP contribution in [0, 0.1) is 0 Å². The highest BCUT2D eigenvalue weighted by molar-refractivity contribution is 7.96. The number of alkyl halides is 2. The lowest BCUT2D eigenvalue weighted by Gasteiger charge is -2.25. The van der Waals surface area contributed by atoms with Gasteiger partial charge in [0.15, 0.2) is 0 Å². The molecular weight excluding hydrogens is 432 g/mol. The number of hydrogen-bond acceptors (Lipinski definition) is 3. The lowest BCUT2D eigenvalue weighted by Crippen LogP contribution is -2.39. The van der Waals surface area contributed by atoms with Crippen molar-refractivity contribution in [3.05, 3.63) is 66.1 Å². The van der Waals surface area contributed by atoms with Crippen LogP contribution >= 0.6 is 10.9 Å². The quantitative estimate of drug-likeness (QED) is 0.486. The third-order valence-electron chi connectivity index (χ3n) is 5.44. The van der Waals surface area contributed by atoms with E-state index in [9.17, 15) is 13.6 Å². The van der Waals surface area contributed by atoms with Crippen molar-refractivity contribution >= 4 is 39.2 Å². The predicted molar refractivity (Wildman–Crippen MR) is 127 cm³/mol. The normalized spacial score (nSPS) is 18.3.